The van der Waals surface area contributed by atoms with Crippen LogP contribution in [0.1, 0.15) is 58.4 Å². The van der Waals surface area contributed by atoms with Gasteiger partial charge in [-0.2, -0.15) is 0 Å². The third-order valence-electron chi connectivity index (χ3n) is 5.80. The summed E-state index contributed by atoms with van der Waals surface area (Å²) in [5.74, 6) is 1.81. The first-order chi connectivity index (χ1) is 11.5. The predicted molar refractivity (Wildman–Crippen MR) is 94.7 cm³/mol. The molecule has 1 N–H and O–H groups in total. The highest BCUT2D eigenvalue weighted by atomic mass is 16.6. The van der Waals surface area contributed by atoms with E-state index in [1.807, 2.05) is 19.9 Å². The fourth-order valence-corrected chi connectivity index (χ4v) is 3.64. The minimum Gasteiger partial charge on any atom is -0.486 e. The molecular weight excluding hydrogens is 302 g/mol. The molecule has 24 heavy (non-hydrogen) atoms. The van der Waals surface area contributed by atoms with Crippen molar-refractivity contribution in [1.29, 1.82) is 0 Å². The average molecular weight is 331 g/mol. The molecule has 2 aliphatic rings. The SMILES string of the molecule is CCC(C)(C)C(=O)NCC1(c2ccc3c(c2)OCCO3)CCCC1. The Bertz CT molecular complexity index is 603. The molecule has 1 aromatic carbocycles. The van der Waals surface area contributed by atoms with Gasteiger partial charge in [-0.25, -0.2) is 0 Å². The Balaban J connectivity index is 1.80. The van der Waals surface area contributed by atoms with Crippen LogP contribution in [-0.2, 0) is 10.2 Å². The molecule has 1 saturated carbocycles. The van der Waals surface area contributed by atoms with E-state index in [0.29, 0.717) is 19.8 Å². The summed E-state index contributed by atoms with van der Waals surface area (Å²) in [7, 11) is 0. The lowest BCUT2D eigenvalue weighted by Crippen LogP contribution is -2.44. The standard InChI is InChI=1S/C20H29NO3/c1-4-19(2,3)18(22)21-14-20(9-5-6-10-20)15-7-8-16-17(13-15)24-12-11-23-16/h7-8,13H,4-6,9-12,14H2,1-3H3,(H,21,22). The van der Waals surface area contributed by atoms with Crippen LogP contribution in [0.2, 0.25) is 0 Å². The maximum Gasteiger partial charge on any atom is 0.225 e. The first-order valence-electron chi connectivity index (χ1n) is 9.15. The fraction of sp³-hybridized carbons (Fsp3) is 0.650. The zero-order valence-electron chi connectivity index (χ0n) is 15.1. The highest BCUT2D eigenvalue weighted by Crippen LogP contribution is 2.44. The molecule has 4 nitrogen and oxygen atoms in total. The second-order valence-corrected chi connectivity index (χ2v) is 7.77. The van der Waals surface area contributed by atoms with Crippen molar-refractivity contribution in [3.63, 3.8) is 0 Å². The van der Waals surface area contributed by atoms with Gasteiger partial charge >= 0.3 is 0 Å². The Kier molecular flexibility index (Phi) is 4.75. The number of hydrogen-bond acceptors (Lipinski definition) is 3. The van der Waals surface area contributed by atoms with Crippen molar-refractivity contribution < 1.29 is 14.3 Å². The Hall–Kier alpha value is -1.71. The van der Waals surface area contributed by atoms with Crippen molar-refractivity contribution >= 4 is 5.91 Å². The maximum absolute atomic E-state index is 12.5. The van der Waals surface area contributed by atoms with Crippen LogP contribution in [0.5, 0.6) is 11.5 Å². The van der Waals surface area contributed by atoms with E-state index in [9.17, 15) is 4.79 Å². The minimum absolute atomic E-state index is 0.0231. The van der Waals surface area contributed by atoms with Gasteiger partial charge in [0.1, 0.15) is 13.2 Å². The fourth-order valence-electron chi connectivity index (χ4n) is 3.64. The normalized spacial score (nSPS) is 19.1. The monoisotopic (exact) mass is 331 g/mol. The second kappa shape index (κ2) is 6.66. The summed E-state index contributed by atoms with van der Waals surface area (Å²) in [6, 6.07) is 6.29. The molecule has 0 saturated heterocycles. The molecule has 0 bridgehead atoms. The number of fused-ring (bicyclic) bond motifs is 1. The Labute approximate surface area is 144 Å². The third-order valence-corrected chi connectivity index (χ3v) is 5.80. The van der Waals surface area contributed by atoms with Crippen LogP contribution in [0.4, 0.5) is 0 Å². The van der Waals surface area contributed by atoms with Crippen molar-refractivity contribution in [2.75, 3.05) is 19.8 Å². The predicted octanol–water partition coefficient (Wildman–Crippen LogP) is 3.82. The van der Waals surface area contributed by atoms with Gasteiger partial charge in [0.2, 0.25) is 5.91 Å². The van der Waals surface area contributed by atoms with Crippen molar-refractivity contribution in [2.24, 2.45) is 5.41 Å². The van der Waals surface area contributed by atoms with Gasteiger partial charge in [0, 0.05) is 17.4 Å². The van der Waals surface area contributed by atoms with Gasteiger partial charge in [-0.05, 0) is 37.0 Å². The molecule has 3 rings (SSSR count). The molecule has 1 amide bonds. The molecule has 0 unspecified atom stereocenters. The van der Waals surface area contributed by atoms with E-state index < -0.39 is 0 Å². The Morgan fingerprint density at radius 2 is 1.83 bits per heavy atom. The minimum atomic E-state index is -0.313. The van der Waals surface area contributed by atoms with E-state index in [-0.39, 0.29) is 16.7 Å². The summed E-state index contributed by atoms with van der Waals surface area (Å²) in [6.07, 6.45) is 5.48. The van der Waals surface area contributed by atoms with Gasteiger partial charge in [-0.3, -0.25) is 4.79 Å². The number of hydrogen-bond donors (Lipinski definition) is 1. The molecule has 0 spiro atoms. The molecule has 132 valence electrons. The summed E-state index contributed by atoms with van der Waals surface area (Å²) in [5.41, 5.74) is 0.973. The number of carbonyl (C=O) groups is 1. The molecule has 0 atom stereocenters. The molecule has 0 aromatic heterocycles. The molecule has 1 fully saturated rings. The van der Waals surface area contributed by atoms with Gasteiger partial charge in [0.25, 0.3) is 0 Å². The quantitative estimate of drug-likeness (QED) is 0.892. The van der Waals surface area contributed by atoms with Gasteiger partial charge < -0.3 is 14.8 Å². The van der Waals surface area contributed by atoms with Crippen LogP contribution < -0.4 is 14.8 Å². The van der Waals surface area contributed by atoms with E-state index >= 15 is 0 Å². The summed E-state index contributed by atoms with van der Waals surface area (Å²) < 4.78 is 11.4. The van der Waals surface area contributed by atoms with Gasteiger partial charge in [-0.1, -0.05) is 39.7 Å². The molecule has 1 aliphatic heterocycles. The van der Waals surface area contributed by atoms with Crippen LogP contribution in [-0.4, -0.2) is 25.7 Å². The summed E-state index contributed by atoms with van der Waals surface area (Å²) >= 11 is 0. The first kappa shape index (κ1) is 17.1. The van der Waals surface area contributed by atoms with Crippen LogP contribution in [0, 0.1) is 5.41 Å². The number of carbonyl (C=O) groups excluding carboxylic acids is 1. The number of ether oxygens (including phenoxy) is 2. The van der Waals surface area contributed by atoms with E-state index in [0.717, 1.165) is 30.8 Å². The Morgan fingerprint density at radius 3 is 2.50 bits per heavy atom. The number of rotatable bonds is 5. The van der Waals surface area contributed by atoms with Crippen LogP contribution in [0.25, 0.3) is 0 Å². The highest BCUT2D eigenvalue weighted by Gasteiger charge is 2.38. The number of nitrogens with one attached hydrogen (secondary N) is 1. The molecule has 0 radical (unpaired) electrons. The van der Waals surface area contributed by atoms with Crippen LogP contribution in [0.15, 0.2) is 18.2 Å². The number of benzene rings is 1. The zero-order valence-corrected chi connectivity index (χ0v) is 15.1. The van der Waals surface area contributed by atoms with Crippen molar-refractivity contribution in [3.05, 3.63) is 23.8 Å². The van der Waals surface area contributed by atoms with Crippen molar-refractivity contribution in [2.45, 2.75) is 58.3 Å². The van der Waals surface area contributed by atoms with Crippen molar-refractivity contribution in [3.8, 4) is 11.5 Å². The lowest BCUT2D eigenvalue weighted by molar-refractivity contribution is -0.129. The summed E-state index contributed by atoms with van der Waals surface area (Å²) in [5, 5.41) is 3.22. The topological polar surface area (TPSA) is 47.6 Å². The third kappa shape index (κ3) is 3.24. The smallest absolute Gasteiger partial charge is 0.225 e. The van der Waals surface area contributed by atoms with Gasteiger partial charge in [-0.15, -0.1) is 0 Å². The molecular formula is C20H29NO3. The van der Waals surface area contributed by atoms with Gasteiger partial charge in [0.05, 0.1) is 0 Å². The van der Waals surface area contributed by atoms with Crippen LogP contribution >= 0.6 is 0 Å². The first-order valence-corrected chi connectivity index (χ1v) is 9.15. The molecule has 1 heterocycles. The van der Waals surface area contributed by atoms with E-state index in [1.54, 1.807) is 0 Å². The van der Waals surface area contributed by atoms with E-state index in [1.165, 1.54) is 18.4 Å². The van der Waals surface area contributed by atoms with Crippen LogP contribution in [0.3, 0.4) is 0 Å². The molecule has 1 aromatic rings. The van der Waals surface area contributed by atoms with Crippen molar-refractivity contribution in [1.82, 2.24) is 5.32 Å². The largest absolute Gasteiger partial charge is 0.486 e. The zero-order chi connectivity index (χ0) is 17.2. The summed E-state index contributed by atoms with van der Waals surface area (Å²) in [6.45, 7) is 7.99. The lowest BCUT2D eigenvalue weighted by atomic mass is 9.78. The lowest BCUT2D eigenvalue weighted by Gasteiger charge is -2.33. The molecule has 1 aliphatic carbocycles. The van der Waals surface area contributed by atoms with Gasteiger partial charge in [0.15, 0.2) is 11.5 Å². The average Bonchev–Trinajstić information content (AvgIpc) is 3.09. The van der Waals surface area contributed by atoms with E-state index in [4.69, 9.17) is 9.47 Å². The highest BCUT2D eigenvalue weighted by molar-refractivity contribution is 5.81. The number of amides is 1. The van der Waals surface area contributed by atoms with E-state index in [2.05, 4.69) is 24.4 Å². The second-order valence-electron chi connectivity index (χ2n) is 7.77. The molecule has 4 heteroatoms. The Morgan fingerprint density at radius 1 is 1.17 bits per heavy atom. The summed E-state index contributed by atoms with van der Waals surface area (Å²) in [4.78, 5) is 12.5. The maximum atomic E-state index is 12.5.